The lowest BCUT2D eigenvalue weighted by molar-refractivity contribution is 0.485. The predicted octanol–water partition coefficient (Wildman–Crippen LogP) is 2.91. The number of fused-ring (bicyclic) bond motifs is 3. The molecule has 0 fully saturated rings. The van der Waals surface area contributed by atoms with Crippen LogP contribution in [0.25, 0.3) is 10.9 Å². The Hall–Kier alpha value is -0.990. The number of likely N-dealkylation sites (N-methyl/N-ethyl adjacent to an activating group) is 1. The number of benzene rings is 1. The summed E-state index contributed by atoms with van der Waals surface area (Å²) in [5, 5.41) is 5.56. The van der Waals surface area contributed by atoms with Crippen LogP contribution in [-0.2, 0) is 19.9 Å². The third kappa shape index (κ3) is 1.67. The maximum absolute atomic E-state index is 6.10. The standard InChI is InChI=1S/C14H17ClN2/c1-16-10-4-5-11-12-7-9(15)3-6-13(12)17(2)14(11)8-10/h3,6-7,10,16H,4-5,8H2,1-2H3. The molecule has 1 aromatic heterocycles. The van der Waals surface area contributed by atoms with Crippen molar-refractivity contribution in [2.45, 2.75) is 25.3 Å². The van der Waals surface area contributed by atoms with Gasteiger partial charge in [-0.3, -0.25) is 0 Å². The van der Waals surface area contributed by atoms with Crippen molar-refractivity contribution < 1.29 is 0 Å². The fourth-order valence-electron chi connectivity index (χ4n) is 2.99. The maximum atomic E-state index is 6.10. The smallest absolute Gasteiger partial charge is 0.0483 e. The first-order valence-electron chi connectivity index (χ1n) is 6.13. The Morgan fingerprint density at radius 1 is 1.41 bits per heavy atom. The topological polar surface area (TPSA) is 17.0 Å². The number of nitrogens with one attached hydrogen (secondary N) is 1. The number of rotatable bonds is 1. The molecule has 0 bridgehead atoms. The van der Waals surface area contributed by atoms with Crippen LogP contribution in [0.1, 0.15) is 17.7 Å². The molecule has 1 unspecified atom stereocenters. The van der Waals surface area contributed by atoms with Crippen molar-refractivity contribution >= 4 is 22.5 Å². The molecule has 1 aliphatic rings. The summed E-state index contributed by atoms with van der Waals surface area (Å²) in [7, 11) is 4.21. The summed E-state index contributed by atoms with van der Waals surface area (Å²) in [6.07, 6.45) is 3.49. The van der Waals surface area contributed by atoms with E-state index in [-0.39, 0.29) is 0 Å². The predicted molar refractivity (Wildman–Crippen MR) is 72.8 cm³/mol. The van der Waals surface area contributed by atoms with Crippen LogP contribution < -0.4 is 5.32 Å². The van der Waals surface area contributed by atoms with Crippen LogP contribution in [0.2, 0.25) is 5.02 Å². The van der Waals surface area contributed by atoms with Crippen molar-refractivity contribution in [1.29, 1.82) is 0 Å². The van der Waals surface area contributed by atoms with Crippen molar-refractivity contribution in [3.63, 3.8) is 0 Å². The monoisotopic (exact) mass is 248 g/mol. The summed E-state index contributed by atoms with van der Waals surface area (Å²) in [5.74, 6) is 0. The molecule has 1 heterocycles. The van der Waals surface area contributed by atoms with E-state index in [0.29, 0.717) is 6.04 Å². The number of halogens is 1. The molecular formula is C14H17ClN2. The second-order valence-electron chi connectivity index (χ2n) is 4.87. The van der Waals surface area contributed by atoms with Crippen molar-refractivity contribution in [3.8, 4) is 0 Å². The molecule has 3 rings (SSSR count). The highest BCUT2D eigenvalue weighted by Crippen LogP contribution is 2.32. The second-order valence-corrected chi connectivity index (χ2v) is 5.31. The third-order valence-electron chi connectivity index (χ3n) is 3.99. The summed E-state index contributed by atoms with van der Waals surface area (Å²) < 4.78 is 2.32. The molecule has 1 aliphatic carbocycles. The quantitative estimate of drug-likeness (QED) is 0.821. The number of hydrogen-bond acceptors (Lipinski definition) is 1. The normalized spacial score (nSPS) is 19.6. The average molecular weight is 249 g/mol. The minimum atomic E-state index is 0.612. The van der Waals surface area contributed by atoms with Gasteiger partial charge in [0.05, 0.1) is 0 Å². The van der Waals surface area contributed by atoms with Crippen LogP contribution in [0.15, 0.2) is 18.2 Å². The third-order valence-corrected chi connectivity index (χ3v) is 4.22. The van der Waals surface area contributed by atoms with E-state index in [1.54, 1.807) is 0 Å². The lowest BCUT2D eigenvalue weighted by Gasteiger charge is -2.23. The second kappa shape index (κ2) is 4.04. The van der Waals surface area contributed by atoms with E-state index >= 15 is 0 Å². The van der Waals surface area contributed by atoms with Crippen molar-refractivity contribution in [2.75, 3.05) is 7.05 Å². The first kappa shape index (κ1) is 11.1. The zero-order valence-corrected chi connectivity index (χ0v) is 11.0. The lowest BCUT2D eigenvalue weighted by atomic mass is 9.92. The summed E-state index contributed by atoms with van der Waals surface area (Å²) in [4.78, 5) is 0. The van der Waals surface area contributed by atoms with Crippen molar-refractivity contribution in [3.05, 3.63) is 34.5 Å². The number of aryl methyl sites for hydroxylation is 2. The van der Waals surface area contributed by atoms with Gasteiger partial charge in [-0.1, -0.05) is 11.6 Å². The molecule has 90 valence electrons. The highest BCUT2D eigenvalue weighted by Gasteiger charge is 2.23. The van der Waals surface area contributed by atoms with Gasteiger partial charge in [-0.15, -0.1) is 0 Å². The van der Waals surface area contributed by atoms with Gasteiger partial charge in [-0.05, 0) is 43.7 Å². The van der Waals surface area contributed by atoms with Crippen molar-refractivity contribution in [2.24, 2.45) is 7.05 Å². The highest BCUT2D eigenvalue weighted by molar-refractivity contribution is 6.31. The summed E-state index contributed by atoms with van der Waals surface area (Å²) in [6.45, 7) is 0. The molecule has 1 atom stereocenters. The van der Waals surface area contributed by atoms with Gasteiger partial charge in [0.1, 0.15) is 0 Å². The summed E-state index contributed by atoms with van der Waals surface area (Å²) in [5.41, 5.74) is 4.26. The van der Waals surface area contributed by atoms with Crippen LogP contribution in [0.3, 0.4) is 0 Å². The van der Waals surface area contributed by atoms with E-state index in [2.05, 4.69) is 36.1 Å². The molecule has 17 heavy (non-hydrogen) atoms. The minimum Gasteiger partial charge on any atom is -0.347 e. The van der Waals surface area contributed by atoms with Crippen LogP contribution in [0, 0.1) is 0 Å². The minimum absolute atomic E-state index is 0.612. The number of aromatic nitrogens is 1. The SMILES string of the molecule is CNC1CCc2c(n(C)c3ccc(Cl)cc23)C1. The van der Waals surface area contributed by atoms with E-state index in [9.17, 15) is 0 Å². The fourth-order valence-corrected chi connectivity index (χ4v) is 3.16. The zero-order valence-electron chi connectivity index (χ0n) is 10.3. The van der Waals surface area contributed by atoms with Gasteiger partial charge < -0.3 is 9.88 Å². The van der Waals surface area contributed by atoms with E-state index in [0.717, 1.165) is 17.9 Å². The van der Waals surface area contributed by atoms with E-state index < -0.39 is 0 Å². The first-order chi connectivity index (χ1) is 8.20. The molecule has 3 heteroatoms. The van der Waals surface area contributed by atoms with Crippen LogP contribution in [0.5, 0.6) is 0 Å². The average Bonchev–Trinajstić information content (AvgIpc) is 2.62. The Labute approximate surface area is 107 Å². The molecule has 0 saturated heterocycles. The zero-order chi connectivity index (χ0) is 12.0. The molecule has 1 aromatic carbocycles. The molecule has 1 N–H and O–H groups in total. The molecule has 0 aliphatic heterocycles. The van der Waals surface area contributed by atoms with E-state index in [4.69, 9.17) is 11.6 Å². The molecule has 0 saturated carbocycles. The highest BCUT2D eigenvalue weighted by atomic mass is 35.5. The summed E-state index contributed by atoms with van der Waals surface area (Å²) in [6, 6.07) is 6.83. The molecule has 0 spiro atoms. The van der Waals surface area contributed by atoms with Crippen LogP contribution in [0.4, 0.5) is 0 Å². The van der Waals surface area contributed by atoms with E-state index in [1.165, 1.54) is 28.6 Å². The lowest BCUT2D eigenvalue weighted by Crippen LogP contribution is -2.32. The Morgan fingerprint density at radius 2 is 2.24 bits per heavy atom. The molecule has 0 radical (unpaired) electrons. The number of hydrogen-bond donors (Lipinski definition) is 1. The maximum Gasteiger partial charge on any atom is 0.0483 e. The summed E-state index contributed by atoms with van der Waals surface area (Å²) >= 11 is 6.10. The van der Waals surface area contributed by atoms with Gasteiger partial charge in [0, 0.05) is 41.1 Å². The van der Waals surface area contributed by atoms with Crippen LogP contribution in [-0.4, -0.2) is 17.7 Å². The molecule has 2 nitrogen and oxygen atoms in total. The Kier molecular flexibility index (Phi) is 2.64. The van der Waals surface area contributed by atoms with Gasteiger partial charge in [-0.25, -0.2) is 0 Å². The largest absolute Gasteiger partial charge is 0.347 e. The number of nitrogens with zero attached hydrogens (tertiary/aromatic N) is 1. The Bertz CT molecular complexity index is 571. The van der Waals surface area contributed by atoms with Gasteiger partial charge in [0.25, 0.3) is 0 Å². The molecule has 0 amide bonds. The van der Waals surface area contributed by atoms with Gasteiger partial charge in [0.15, 0.2) is 0 Å². The molecule has 2 aromatic rings. The van der Waals surface area contributed by atoms with E-state index in [1.807, 2.05) is 6.07 Å². The Morgan fingerprint density at radius 3 is 3.00 bits per heavy atom. The van der Waals surface area contributed by atoms with Gasteiger partial charge >= 0.3 is 0 Å². The van der Waals surface area contributed by atoms with Crippen molar-refractivity contribution in [1.82, 2.24) is 9.88 Å². The van der Waals surface area contributed by atoms with Gasteiger partial charge in [-0.2, -0.15) is 0 Å². The first-order valence-corrected chi connectivity index (χ1v) is 6.51. The van der Waals surface area contributed by atoms with Crippen LogP contribution >= 0.6 is 11.6 Å². The molecular weight excluding hydrogens is 232 g/mol. The van der Waals surface area contributed by atoms with Gasteiger partial charge in [0.2, 0.25) is 0 Å². The fraction of sp³-hybridized carbons (Fsp3) is 0.429. The Balaban J connectivity index is 2.21.